The fourth-order valence-corrected chi connectivity index (χ4v) is 2.63. The van der Waals surface area contributed by atoms with Crippen molar-refractivity contribution in [3.63, 3.8) is 0 Å². The Labute approximate surface area is 127 Å². The smallest absolute Gasteiger partial charge is 0.118 e. The molecule has 1 aliphatic rings. The van der Waals surface area contributed by atoms with Gasteiger partial charge in [0.2, 0.25) is 0 Å². The lowest BCUT2D eigenvalue weighted by Gasteiger charge is -2.31. The van der Waals surface area contributed by atoms with Crippen molar-refractivity contribution in [2.24, 2.45) is 5.92 Å². The van der Waals surface area contributed by atoms with Crippen LogP contribution in [0.5, 0.6) is 5.75 Å². The Balaban J connectivity index is 1.63. The van der Waals surface area contributed by atoms with Crippen molar-refractivity contribution >= 4 is 0 Å². The third-order valence-electron chi connectivity index (χ3n) is 4.08. The van der Waals surface area contributed by atoms with Crippen LogP contribution in [-0.2, 0) is 11.3 Å². The lowest BCUT2D eigenvalue weighted by Crippen LogP contribution is -2.39. The topological polar surface area (TPSA) is 41.9 Å². The zero-order valence-corrected chi connectivity index (χ0v) is 13.1. The van der Waals surface area contributed by atoms with Crippen LogP contribution in [0.15, 0.2) is 24.3 Å². The van der Waals surface area contributed by atoms with E-state index >= 15 is 0 Å². The van der Waals surface area contributed by atoms with E-state index in [1.807, 2.05) is 24.3 Å². The second-order valence-electron chi connectivity index (χ2n) is 6.00. The van der Waals surface area contributed by atoms with Crippen LogP contribution in [0, 0.1) is 5.92 Å². The number of rotatable bonds is 7. The first kappa shape index (κ1) is 16.3. The maximum Gasteiger partial charge on any atom is 0.118 e. The number of ether oxygens (including phenoxy) is 2. The minimum atomic E-state index is -0.406. The summed E-state index contributed by atoms with van der Waals surface area (Å²) >= 11 is 0. The minimum absolute atomic E-state index is 0.387. The molecule has 0 saturated carbocycles. The van der Waals surface area contributed by atoms with Gasteiger partial charge >= 0.3 is 0 Å². The highest BCUT2D eigenvalue weighted by Crippen LogP contribution is 2.16. The largest absolute Gasteiger partial charge is 0.497 e. The predicted octanol–water partition coefficient (Wildman–Crippen LogP) is 2.30. The van der Waals surface area contributed by atoms with Gasteiger partial charge in [-0.1, -0.05) is 19.1 Å². The number of piperidine rings is 1. The Morgan fingerprint density at radius 1 is 1.24 bits per heavy atom. The van der Waals surface area contributed by atoms with E-state index in [0.29, 0.717) is 13.2 Å². The Hall–Kier alpha value is -1.10. The van der Waals surface area contributed by atoms with Gasteiger partial charge in [-0.05, 0) is 49.5 Å². The van der Waals surface area contributed by atoms with Gasteiger partial charge in [-0.2, -0.15) is 0 Å². The molecule has 1 saturated heterocycles. The normalized spacial score (nSPS) is 18.6. The molecule has 0 amide bonds. The molecule has 1 aromatic carbocycles. The molecular weight excluding hydrogens is 266 g/mol. The van der Waals surface area contributed by atoms with Crippen molar-refractivity contribution in [1.82, 2.24) is 4.90 Å². The molecule has 1 N–H and O–H groups in total. The number of methoxy groups -OCH3 is 1. The number of aliphatic hydroxyl groups excluding tert-OH is 1. The predicted molar refractivity (Wildman–Crippen MR) is 83.5 cm³/mol. The highest BCUT2D eigenvalue weighted by atomic mass is 16.5. The zero-order valence-electron chi connectivity index (χ0n) is 13.1. The first-order chi connectivity index (χ1) is 10.2. The Kier molecular flexibility index (Phi) is 6.49. The summed E-state index contributed by atoms with van der Waals surface area (Å²) in [5.41, 5.74) is 1.09. The van der Waals surface area contributed by atoms with Crippen molar-refractivity contribution in [2.75, 3.05) is 33.4 Å². The molecule has 2 rings (SSSR count). The number of hydrogen-bond acceptors (Lipinski definition) is 4. The van der Waals surface area contributed by atoms with Crippen LogP contribution >= 0.6 is 0 Å². The summed E-state index contributed by atoms with van der Waals surface area (Å²) in [6, 6.07) is 7.81. The number of nitrogens with zero attached hydrogens (tertiary/aromatic N) is 1. The summed E-state index contributed by atoms with van der Waals surface area (Å²) in [6.07, 6.45) is 2.07. The molecule has 0 aromatic heterocycles. The maximum absolute atomic E-state index is 10.0. The van der Waals surface area contributed by atoms with Gasteiger partial charge in [-0.3, -0.25) is 0 Å². The van der Waals surface area contributed by atoms with Gasteiger partial charge in [-0.15, -0.1) is 0 Å². The first-order valence-electron chi connectivity index (χ1n) is 7.78. The molecule has 118 valence electrons. The Bertz CT molecular complexity index is 399. The van der Waals surface area contributed by atoms with Gasteiger partial charge in [0, 0.05) is 6.54 Å². The third-order valence-corrected chi connectivity index (χ3v) is 4.08. The molecule has 1 atom stereocenters. The van der Waals surface area contributed by atoms with Crippen molar-refractivity contribution in [3.8, 4) is 5.75 Å². The molecule has 0 bridgehead atoms. The molecule has 4 nitrogen and oxygen atoms in total. The SMILES string of the molecule is COc1ccc(COCC(O)CN2CCC(C)CC2)cc1. The van der Waals surface area contributed by atoms with Crippen LogP contribution in [-0.4, -0.2) is 49.5 Å². The highest BCUT2D eigenvalue weighted by Gasteiger charge is 2.18. The van der Waals surface area contributed by atoms with E-state index < -0.39 is 6.10 Å². The molecule has 1 aliphatic heterocycles. The van der Waals surface area contributed by atoms with Gasteiger partial charge in [-0.25, -0.2) is 0 Å². The van der Waals surface area contributed by atoms with Crippen LogP contribution in [0.2, 0.25) is 0 Å². The molecular formula is C17H27NO3. The monoisotopic (exact) mass is 293 g/mol. The lowest BCUT2D eigenvalue weighted by atomic mass is 9.99. The van der Waals surface area contributed by atoms with Gasteiger partial charge in [0.1, 0.15) is 5.75 Å². The van der Waals surface area contributed by atoms with Crippen LogP contribution in [0.25, 0.3) is 0 Å². The van der Waals surface area contributed by atoms with E-state index in [4.69, 9.17) is 9.47 Å². The quantitative estimate of drug-likeness (QED) is 0.837. The van der Waals surface area contributed by atoms with Gasteiger partial charge in [0.05, 0.1) is 26.4 Å². The van der Waals surface area contributed by atoms with Crippen molar-refractivity contribution in [3.05, 3.63) is 29.8 Å². The number of β-amino-alcohol motifs (C(OH)–C–C–N with tert-alkyl or cyclic N) is 1. The van der Waals surface area contributed by atoms with Gasteiger partial charge in [0.15, 0.2) is 0 Å². The molecule has 4 heteroatoms. The van der Waals surface area contributed by atoms with E-state index in [2.05, 4.69) is 11.8 Å². The summed E-state index contributed by atoms with van der Waals surface area (Å²) in [7, 11) is 1.66. The van der Waals surface area contributed by atoms with E-state index in [1.54, 1.807) is 7.11 Å². The first-order valence-corrected chi connectivity index (χ1v) is 7.78. The number of hydrogen-bond donors (Lipinski definition) is 1. The minimum Gasteiger partial charge on any atom is -0.497 e. The fourth-order valence-electron chi connectivity index (χ4n) is 2.63. The maximum atomic E-state index is 10.0. The van der Waals surface area contributed by atoms with Crippen LogP contribution < -0.4 is 4.74 Å². The molecule has 0 spiro atoms. The molecule has 0 aliphatic carbocycles. The van der Waals surface area contributed by atoms with Crippen molar-refractivity contribution in [1.29, 1.82) is 0 Å². The van der Waals surface area contributed by atoms with Crippen LogP contribution in [0.1, 0.15) is 25.3 Å². The number of aliphatic hydroxyl groups is 1. The summed E-state index contributed by atoms with van der Waals surface area (Å²) in [6.45, 7) is 6.12. The van der Waals surface area contributed by atoms with Crippen LogP contribution in [0.4, 0.5) is 0 Å². The lowest BCUT2D eigenvalue weighted by molar-refractivity contribution is 0.00496. The molecule has 21 heavy (non-hydrogen) atoms. The molecule has 1 fully saturated rings. The number of likely N-dealkylation sites (tertiary alicyclic amines) is 1. The van der Waals surface area contributed by atoms with Crippen molar-refractivity contribution < 1.29 is 14.6 Å². The number of benzene rings is 1. The van der Waals surface area contributed by atoms with Crippen LogP contribution in [0.3, 0.4) is 0 Å². The van der Waals surface area contributed by atoms with E-state index in [0.717, 1.165) is 36.9 Å². The molecule has 1 unspecified atom stereocenters. The molecule has 0 radical (unpaired) electrons. The molecule has 1 heterocycles. The zero-order chi connectivity index (χ0) is 15.1. The average Bonchev–Trinajstić information content (AvgIpc) is 2.50. The molecule has 1 aromatic rings. The fraction of sp³-hybridized carbons (Fsp3) is 0.647. The standard InChI is InChI=1S/C17H27NO3/c1-14-7-9-18(10-8-14)11-16(19)13-21-12-15-3-5-17(20-2)6-4-15/h3-6,14,16,19H,7-13H2,1-2H3. The third kappa shape index (κ3) is 5.65. The summed E-state index contributed by atoms with van der Waals surface area (Å²) < 4.78 is 10.7. The summed E-state index contributed by atoms with van der Waals surface area (Å²) in [5.74, 6) is 1.67. The Morgan fingerprint density at radius 3 is 2.52 bits per heavy atom. The second kappa shape index (κ2) is 8.37. The summed E-state index contributed by atoms with van der Waals surface area (Å²) in [5, 5.41) is 10.0. The van der Waals surface area contributed by atoms with Gasteiger partial charge in [0.25, 0.3) is 0 Å². The van der Waals surface area contributed by atoms with E-state index in [9.17, 15) is 5.11 Å². The van der Waals surface area contributed by atoms with Gasteiger partial charge < -0.3 is 19.5 Å². The second-order valence-corrected chi connectivity index (χ2v) is 6.00. The van der Waals surface area contributed by atoms with Crippen molar-refractivity contribution in [2.45, 2.75) is 32.5 Å². The highest BCUT2D eigenvalue weighted by molar-refractivity contribution is 5.26. The van der Waals surface area contributed by atoms with E-state index in [1.165, 1.54) is 12.8 Å². The summed E-state index contributed by atoms with van der Waals surface area (Å²) in [4.78, 5) is 2.33. The van der Waals surface area contributed by atoms with E-state index in [-0.39, 0.29) is 0 Å². The average molecular weight is 293 g/mol. The Morgan fingerprint density at radius 2 is 1.90 bits per heavy atom.